The van der Waals surface area contributed by atoms with Gasteiger partial charge in [-0.05, 0) is 7.60 Å². The summed E-state index contributed by atoms with van der Waals surface area (Å²) in [5.74, 6) is 0. The molecule has 0 aliphatic rings. The summed E-state index contributed by atoms with van der Waals surface area (Å²) >= 11 is 9.21. The van der Waals surface area contributed by atoms with Crippen LogP contribution in [0.1, 0.15) is 0 Å². The summed E-state index contributed by atoms with van der Waals surface area (Å²) in [4.78, 5) is 36.3. The van der Waals surface area contributed by atoms with Gasteiger partial charge in [0, 0.05) is 0 Å². The van der Waals surface area contributed by atoms with Crippen molar-refractivity contribution in [3.05, 3.63) is 0 Å². The van der Waals surface area contributed by atoms with Gasteiger partial charge in [-0.3, -0.25) is 4.57 Å². The summed E-state index contributed by atoms with van der Waals surface area (Å²) in [6.45, 7) is 0. The minimum atomic E-state index is -5.72. The standard InChI is InChI=1S/CH4Cl2O6P2.Fe/c2-1(3,10(4,5)6)11(7,8)9;/h(H2,4,5,6)(H2,7,8,9);/q;+2/p-2. The van der Waals surface area contributed by atoms with Crippen LogP contribution in [-0.2, 0) is 26.2 Å². The first-order chi connectivity index (χ1) is 4.50. The molecule has 0 atom stereocenters. The fourth-order valence-electron chi connectivity index (χ4n) is 0.160. The number of alkyl halides is 2. The Morgan fingerprint density at radius 3 is 1.42 bits per heavy atom. The van der Waals surface area contributed by atoms with E-state index in [0.717, 1.165) is 0 Å². The van der Waals surface area contributed by atoms with E-state index in [1.807, 2.05) is 0 Å². The van der Waals surface area contributed by atoms with Crippen LogP contribution >= 0.6 is 38.4 Å². The van der Waals surface area contributed by atoms with Crippen molar-refractivity contribution in [2.45, 2.75) is 3.82 Å². The molecular weight excluding hydrogens is 297 g/mol. The monoisotopic (exact) mass is 298 g/mol. The number of hydrogen-bond donors (Lipinski definition) is 2. The summed E-state index contributed by atoms with van der Waals surface area (Å²) in [6.07, 6.45) is 0. The molecule has 2 N–H and O–H groups in total. The van der Waals surface area contributed by atoms with Gasteiger partial charge in [0.05, 0.1) is 0 Å². The van der Waals surface area contributed by atoms with Crippen molar-refractivity contribution in [2.75, 3.05) is 0 Å². The Balaban J connectivity index is 0. The van der Waals surface area contributed by atoms with Gasteiger partial charge in [-0.2, -0.15) is 0 Å². The van der Waals surface area contributed by atoms with Crippen LogP contribution in [0.4, 0.5) is 0 Å². The minimum absolute atomic E-state index is 0. The van der Waals surface area contributed by atoms with E-state index in [4.69, 9.17) is 9.79 Å². The molecular formula is CH2Cl2FeO6P2. The van der Waals surface area contributed by atoms with Crippen molar-refractivity contribution >= 4 is 38.4 Å². The number of hydrogen-bond acceptors (Lipinski definition) is 4. The molecule has 12 heavy (non-hydrogen) atoms. The molecule has 11 heteroatoms. The van der Waals surface area contributed by atoms with Crippen LogP contribution in [-0.4, -0.2) is 13.6 Å². The van der Waals surface area contributed by atoms with Gasteiger partial charge in [0.25, 0.3) is 0 Å². The van der Waals surface area contributed by atoms with E-state index in [-0.39, 0.29) is 17.1 Å². The van der Waals surface area contributed by atoms with E-state index < -0.39 is 19.0 Å². The largest absolute Gasteiger partial charge is 2.00 e. The molecule has 6 nitrogen and oxygen atoms in total. The van der Waals surface area contributed by atoms with Crippen molar-refractivity contribution in [3.63, 3.8) is 0 Å². The van der Waals surface area contributed by atoms with Gasteiger partial charge in [-0.15, -0.1) is 0 Å². The average Bonchev–Trinajstić information content (AvgIpc) is 1.58. The van der Waals surface area contributed by atoms with Crippen LogP contribution < -0.4 is 9.79 Å². The van der Waals surface area contributed by atoms with Gasteiger partial charge in [-0.25, -0.2) is 0 Å². The molecule has 0 aromatic heterocycles. The van der Waals surface area contributed by atoms with Crippen LogP contribution in [0.5, 0.6) is 0 Å². The first kappa shape index (κ1) is 15.9. The molecule has 0 amide bonds. The Morgan fingerprint density at radius 1 is 1.17 bits per heavy atom. The Kier molecular flexibility index (Phi) is 5.66. The molecule has 0 bridgehead atoms. The zero-order valence-corrected chi connectivity index (χ0v) is 9.44. The zero-order valence-electron chi connectivity index (χ0n) is 5.03. The van der Waals surface area contributed by atoms with Gasteiger partial charge >= 0.3 is 24.7 Å². The molecule has 0 radical (unpaired) electrons. The Bertz CT molecular complexity index is 216. The van der Waals surface area contributed by atoms with E-state index in [9.17, 15) is 18.9 Å². The fourth-order valence-corrected chi connectivity index (χ4v) is 1.44. The number of halogens is 2. The smallest absolute Gasteiger partial charge is 0.808 e. The van der Waals surface area contributed by atoms with Crippen molar-refractivity contribution in [2.24, 2.45) is 0 Å². The van der Waals surface area contributed by atoms with Gasteiger partial charge in [0.2, 0.25) is 3.82 Å². The maximum atomic E-state index is 10.2. The first-order valence-electron chi connectivity index (χ1n) is 1.96. The molecule has 74 valence electrons. The molecule has 0 aromatic rings. The predicted molar refractivity (Wildman–Crippen MR) is 34.1 cm³/mol. The van der Waals surface area contributed by atoms with Crippen LogP contribution in [0.3, 0.4) is 0 Å². The summed E-state index contributed by atoms with van der Waals surface area (Å²) in [5.41, 5.74) is 0. The normalized spacial score (nSPS) is 13.8. The van der Waals surface area contributed by atoms with Crippen molar-refractivity contribution in [1.29, 1.82) is 0 Å². The third kappa shape index (κ3) is 3.28. The maximum Gasteiger partial charge on any atom is 2.00 e. The van der Waals surface area contributed by atoms with Crippen molar-refractivity contribution in [1.82, 2.24) is 0 Å². The molecule has 0 heterocycles. The minimum Gasteiger partial charge on any atom is -0.808 e. The van der Waals surface area contributed by atoms with Gasteiger partial charge in [-0.1, -0.05) is 23.2 Å². The van der Waals surface area contributed by atoms with Crippen molar-refractivity contribution < 1.29 is 45.8 Å². The van der Waals surface area contributed by atoms with Crippen LogP contribution in [0.2, 0.25) is 0 Å². The molecule has 0 rings (SSSR count). The Labute approximate surface area is 88.0 Å². The summed E-state index contributed by atoms with van der Waals surface area (Å²) < 4.78 is 16.6. The Hall–Kier alpha value is 1.40. The van der Waals surface area contributed by atoms with E-state index in [0.29, 0.717) is 0 Å². The van der Waals surface area contributed by atoms with Crippen LogP contribution in [0.25, 0.3) is 0 Å². The zero-order chi connectivity index (χ0) is 9.50. The van der Waals surface area contributed by atoms with Gasteiger partial charge in [0.15, 0.2) is 0 Å². The topological polar surface area (TPSA) is 121 Å². The van der Waals surface area contributed by atoms with E-state index in [1.165, 1.54) is 0 Å². The number of rotatable bonds is 2. The molecule has 0 spiro atoms. The maximum absolute atomic E-state index is 10.2. The second kappa shape index (κ2) is 4.28. The summed E-state index contributed by atoms with van der Waals surface area (Å²) in [7, 11) is -11.1. The van der Waals surface area contributed by atoms with E-state index in [2.05, 4.69) is 23.2 Å². The second-order valence-corrected chi connectivity index (χ2v) is 7.71. The molecule has 0 unspecified atom stereocenters. The third-order valence-corrected chi connectivity index (χ3v) is 6.12. The molecule has 0 fully saturated rings. The van der Waals surface area contributed by atoms with Gasteiger partial charge in [0.1, 0.15) is 0 Å². The third-order valence-electron chi connectivity index (χ3n) is 0.680. The second-order valence-electron chi connectivity index (χ2n) is 1.55. The molecule has 0 saturated carbocycles. The van der Waals surface area contributed by atoms with Crippen LogP contribution in [0, 0.1) is 0 Å². The van der Waals surface area contributed by atoms with Gasteiger partial charge < -0.3 is 24.1 Å². The molecule has 0 saturated heterocycles. The molecule has 0 aromatic carbocycles. The van der Waals surface area contributed by atoms with E-state index >= 15 is 0 Å². The van der Waals surface area contributed by atoms with E-state index in [1.54, 1.807) is 0 Å². The molecule has 0 aliphatic heterocycles. The SMILES string of the molecule is O=P([O-])([O-])C(Cl)(Cl)P(=O)(O)O.[Fe+2]. The van der Waals surface area contributed by atoms with Crippen LogP contribution in [0.15, 0.2) is 0 Å². The average molecular weight is 299 g/mol. The first-order valence-corrected chi connectivity index (χ1v) is 5.87. The summed E-state index contributed by atoms with van der Waals surface area (Å²) in [5, 5.41) is 0. The fraction of sp³-hybridized carbons (Fsp3) is 1.00. The Morgan fingerprint density at radius 2 is 1.42 bits per heavy atom. The molecule has 0 aliphatic carbocycles. The summed E-state index contributed by atoms with van der Waals surface area (Å²) in [6, 6.07) is 0. The predicted octanol–water partition coefficient (Wildman–Crippen LogP) is -0.836. The quantitative estimate of drug-likeness (QED) is 0.390. The van der Waals surface area contributed by atoms with Crippen molar-refractivity contribution in [3.8, 4) is 0 Å².